The lowest BCUT2D eigenvalue weighted by Gasteiger charge is -2.32. The second-order valence-corrected chi connectivity index (χ2v) is 13.8. The number of nitrogens with one attached hydrogen (secondary N) is 1. The van der Waals surface area contributed by atoms with Crippen molar-refractivity contribution in [2.24, 2.45) is 0 Å². The van der Waals surface area contributed by atoms with Crippen LogP contribution in [0.2, 0.25) is 0 Å². The van der Waals surface area contributed by atoms with Crippen LogP contribution in [0.1, 0.15) is 73.2 Å². The summed E-state index contributed by atoms with van der Waals surface area (Å²) in [4.78, 5) is 22.9. The van der Waals surface area contributed by atoms with Crippen LogP contribution in [0.3, 0.4) is 0 Å². The number of carbonyl (C=O) groups is 1. The number of aromatic nitrogens is 2. The van der Waals surface area contributed by atoms with Crippen molar-refractivity contribution < 1.29 is 28.3 Å². The number of hydrogen-bond acceptors (Lipinski definition) is 7. The highest BCUT2D eigenvalue weighted by Gasteiger charge is 2.51. The van der Waals surface area contributed by atoms with Crippen LogP contribution < -0.4 is 10.2 Å². The molecule has 3 heterocycles. The van der Waals surface area contributed by atoms with Gasteiger partial charge in [0.25, 0.3) is 0 Å². The number of H-pyrrole nitrogens is 1. The van der Waals surface area contributed by atoms with Gasteiger partial charge in [0.05, 0.1) is 28.8 Å². The first-order chi connectivity index (χ1) is 21.2. The van der Waals surface area contributed by atoms with Crippen LogP contribution in [0.15, 0.2) is 42.5 Å². The molecule has 6 rings (SSSR count). The largest absolute Gasteiger partial charge is 0.494 e. The van der Waals surface area contributed by atoms with Crippen LogP contribution in [0.5, 0.6) is 5.75 Å². The van der Waals surface area contributed by atoms with Crippen molar-refractivity contribution in [3.05, 3.63) is 53.9 Å². The summed E-state index contributed by atoms with van der Waals surface area (Å²) in [5, 5.41) is 2.08. The van der Waals surface area contributed by atoms with Gasteiger partial charge in [-0.05, 0) is 95.1 Å². The molecule has 10 heteroatoms. The van der Waals surface area contributed by atoms with Crippen LogP contribution in [0.25, 0.3) is 32.9 Å². The van der Waals surface area contributed by atoms with E-state index < -0.39 is 23.9 Å². The molecular formula is C35H46BN3O6. The molecule has 2 aliphatic rings. The highest BCUT2D eigenvalue weighted by molar-refractivity contribution is 6.62. The molecule has 1 fully saturated rings. The first kappa shape index (κ1) is 32.8. The molecule has 9 nitrogen and oxygen atoms in total. The Labute approximate surface area is 266 Å². The lowest BCUT2D eigenvalue weighted by Crippen LogP contribution is -2.41. The number of fused-ring (bicyclic) bond motifs is 6. The SMILES string of the molecule is CCCN(Cc1nc2c(ccc3cc4c(cc32)OCc2cc(B3OC(C)(C)C(C)(C)O3)ccc2-4)[nH]1)C(=O)OC(C)(C)C.COC. The minimum Gasteiger partial charge on any atom is -0.488 e. The van der Waals surface area contributed by atoms with Crippen molar-refractivity contribution in [3.63, 3.8) is 0 Å². The summed E-state index contributed by atoms with van der Waals surface area (Å²) in [6.07, 6.45) is 0.489. The van der Waals surface area contributed by atoms with E-state index in [1.165, 1.54) is 0 Å². The number of ether oxygens (including phenoxy) is 3. The molecule has 1 saturated heterocycles. The highest BCUT2D eigenvalue weighted by Crippen LogP contribution is 2.42. The molecule has 0 bridgehead atoms. The normalized spacial score (nSPS) is 16.4. The Kier molecular flexibility index (Phi) is 8.97. The summed E-state index contributed by atoms with van der Waals surface area (Å²) in [6, 6.07) is 14.8. The molecular weight excluding hydrogens is 569 g/mol. The van der Waals surface area contributed by atoms with Gasteiger partial charge in [-0.25, -0.2) is 9.78 Å². The number of hydrogen-bond donors (Lipinski definition) is 1. The van der Waals surface area contributed by atoms with Gasteiger partial charge in [-0.1, -0.05) is 31.2 Å². The Hall–Kier alpha value is -3.60. The zero-order chi connectivity index (χ0) is 32.7. The van der Waals surface area contributed by atoms with Gasteiger partial charge in [-0.15, -0.1) is 0 Å². The fourth-order valence-electron chi connectivity index (χ4n) is 5.57. The molecule has 1 amide bonds. The molecule has 240 valence electrons. The molecule has 1 N–H and O–H groups in total. The van der Waals surface area contributed by atoms with Crippen molar-refractivity contribution in [3.8, 4) is 16.9 Å². The predicted molar refractivity (Wildman–Crippen MR) is 179 cm³/mol. The Bertz CT molecular complexity index is 1690. The van der Waals surface area contributed by atoms with Crippen molar-refractivity contribution in [1.29, 1.82) is 0 Å². The first-order valence-electron chi connectivity index (χ1n) is 15.6. The molecule has 0 spiro atoms. The Morgan fingerprint density at radius 1 is 1.02 bits per heavy atom. The maximum absolute atomic E-state index is 12.8. The number of carbonyl (C=O) groups excluding carboxylic acids is 1. The second kappa shape index (κ2) is 12.3. The average Bonchev–Trinajstić information content (AvgIpc) is 3.47. The number of nitrogens with zero attached hydrogens (tertiary/aromatic N) is 2. The third kappa shape index (κ3) is 6.69. The van der Waals surface area contributed by atoms with Crippen molar-refractivity contribution >= 4 is 40.5 Å². The zero-order valence-electron chi connectivity index (χ0n) is 28.3. The van der Waals surface area contributed by atoms with Crippen molar-refractivity contribution in [2.45, 2.75) is 91.8 Å². The Balaban J connectivity index is 0.00000128. The zero-order valence-corrected chi connectivity index (χ0v) is 28.3. The van der Waals surface area contributed by atoms with Gasteiger partial charge in [0.1, 0.15) is 23.8 Å². The monoisotopic (exact) mass is 615 g/mol. The van der Waals surface area contributed by atoms with Crippen LogP contribution in [0, 0.1) is 0 Å². The predicted octanol–water partition coefficient (Wildman–Crippen LogP) is 6.98. The third-order valence-electron chi connectivity index (χ3n) is 8.43. The smallest absolute Gasteiger partial charge is 0.488 e. The van der Waals surface area contributed by atoms with Crippen molar-refractivity contribution in [1.82, 2.24) is 14.9 Å². The fourth-order valence-corrected chi connectivity index (χ4v) is 5.57. The van der Waals surface area contributed by atoms with E-state index in [4.69, 9.17) is 23.8 Å². The Morgan fingerprint density at radius 3 is 2.36 bits per heavy atom. The summed E-state index contributed by atoms with van der Waals surface area (Å²) in [5.74, 6) is 1.55. The molecule has 0 atom stereocenters. The summed E-state index contributed by atoms with van der Waals surface area (Å²) in [6.45, 7) is 17.3. The topological polar surface area (TPSA) is 95.1 Å². The van der Waals surface area contributed by atoms with E-state index in [1.807, 2.05) is 33.8 Å². The summed E-state index contributed by atoms with van der Waals surface area (Å²) in [7, 11) is 2.84. The molecule has 3 aromatic carbocycles. The molecule has 1 aromatic heterocycles. The van der Waals surface area contributed by atoms with Crippen LogP contribution in [0.4, 0.5) is 4.79 Å². The number of imidazole rings is 1. The maximum Gasteiger partial charge on any atom is 0.494 e. The van der Waals surface area contributed by atoms with Gasteiger partial charge in [-0.2, -0.15) is 0 Å². The lowest BCUT2D eigenvalue weighted by molar-refractivity contribution is 0.00578. The standard InChI is InChI=1S/C33H40BN3O5.C2H6O/c1-9-14-37(30(38)40-31(2,3)4)18-28-35-26-13-10-20-16-25-23-12-11-22(34-41-32(5,6)33(7,8)42-34)15-21(23)19-39-27(25)17-24(20)29(26)36-28;1-3-2/h10-13,15-17H,9,14,18-19H2,1-8H3,(H,35,36);1-2H3. The van der Waals surface area contributed by atoms with Gasteiger partial charge < -0.3 is 33.4 Å². The minimum absolute atomic E-state index is 0.336. The second-order valence-electron chi connectivity index (χ2n) is 13.8. The van der Waals surface area contributed by atoms with E-state index in [2.05, 4.69) is 73.8 Å². The molecule has 0 saturated carbocycles. The van der Waals surface area contributed by atoms with Crippen LogP contribution in [-0.2, 0) is 31.9 Å². The third-order valence-corrected chi connectivity index (χ3v) is 8.43. The van der Waals surface area contributed by atoms with Gasteiger partial charge in [0, 0.05) is 31.7 Å². The number of benzene rings is 3. The number of amides is 1. The number of methoxy groups -OCH3 is 1. The molecule has 2 aliphatic heterocycles. The minimum atomic E-state index is -0.557. The van der Waals surface area contributed by atoms with E-state index in [1.54, 1.807) is 19.1 Å². The number of aromatic amines is 1. The van der Waals surface area contributed by atoms with E-state index >= 15 is 0 Å². The molecule has 0 unspecified atom stereocenters. The first-order valence-corrected chi connectivity index (χ1v) is 15.6. The lowest BCUT2D eigenvalue weighted by atomic mass is 9.77. The van der Waals surface area contributed by atoms with Gasteiger partial charge in [0.2, 0.25) is 0 Å². The number of rotatable bonds is 5. The maximum atomic E-state index is 12.8. The van der Waals surface area contributed by atoms with Crippen LogP contribution >= 0.6 is 0 Å². The van der Waals surface area contributed by atoms with Gasteiger partial charge in [0.15, 0.2) is 0 Å². The van der Waals surface area contributed by atoms with E-state index in [9.17, 15) is 4.79 Å². The molecule has 4 aromatic rings. The molecule has 0 aliphatic carbocycles. The van der Waals surface area contributed by atoms with Gasteiger partial charge >= 0.3 is 13.2 Å². The summed E-state index contributed by atoms with van der Waals surface area (Å²) < 4.78 is 28.7. The fraction of sp³-hybridized carbons (Fsp3) is 0.486. The molecule has 45 heavy (non-hydrogen) atoms. The van der Waals surface area contributed by atoms with Gasteiger partial charge in [-0.3, -0.25) is 0 Å². The van der Waals surface area contributed by atoms with E-state index in [-0.39, 0.29) is 6.09 Å². The Morgan fingerprint density at radius 2 is 1.71 bits per heavy atom. The summed E-state index contributed by atoms with van der Waals surface area (Å²) >= 11 is 0. The van der Waals surface area contributed by atoms with Crippen molar-refractivity contribution in [2.75, 3.05) is 20.8 Å². The van der Waals surface area contributed by atoms with Crippen LogP contribution in [-0.4, -0.2) is 65.6 Å². The molecule has 0 radical (unpaired) electrons. The summed E-state index contributed by atoms with van der Waals surface area (Å²) in [5.41, 5.74) is 4.74. The highest BCUT2D eigenvalue weighted by atomic mass is 16.7. The quantitative estimate of drug-likeness (QED) is 0.242. The average molecular weight is 616 g/mol. The van der Waals surface area contributed by atoms with E-state index in [0.29, 0.717) is 19.7 Å². The van der Waals surface area contributed by atoms with E-state index in [0.717, 1.165) is 62.0 Å².